The van der Waals surface area contributed by atoms with E-state index in [0.717, 1.165) is 28.8 Å². The summed E-state index contributed by atoms with van der Waals surface area (Å²) in [6, 6.07) is 13.6. The molecule has 1 aliphatic heterocycles. The lowest BCUT2D eigenvalue weighted by molar-refractivity contribution is 0.355. The molecule has 6 nitrogen and oxygen atoms in total. The Morgan fingerprint density at radius 3 is 2.19 bits per heavy atom. The van der Waals surface area contributed by atoms with Crippen molar-refractivity contribution in [2.24, 2.45) is 10.2 Å². The van der Waals surface area contributed by atoms with E-state index < -0.39 is 10.1 Å². The number of hydrogen-bond donors (Lipinski definition) is 1. The second kappa shape index (κ2) is 10.1. The fraction of sp³-hybridized carbons (Fsp3) is 0.167. The zero-order valence-corrected chi connectivity index (χ0v) is 18.0. The van der Waals surface area contributed by atoms with Crippen LogP contribution in [0.5, 0.6) is 0 Å². The standard InChI is InChI=1S/C24H24N2O4S/c1-3-6-18(4-2)7-5-8-22-17-30-24(26-25-22)21-11-9-19(10-12-21)20-13-15-23(16-14-20)31(27,28)29/h3-5,7,9-16H,1,6,8,17H2,2H3,(H,27,28,29)/b7-5-,18-4-. The molecular formula is C24H24N2O4S. The predicted octanol–water partition coefficient (Wildman–Crippen LogP) is 5.20. The Bertz CT molecular complexity index is 1160. The lowest BCUT2D eigenvalue weighted by atomic mass is 10.0. The minimum absolute atomic E-state index is 0.135. The Hall–Kier alpha value is -3.29. The first kappa shape index (κ1) is 22.4. The summed E-state index contributed by atoms with van der Waals surface area (Å²) in [4.78, 5) is -0.135. The van der Waals surface area contributed by atoms with E-state index in [2.05, 4.69) is 28.9 Å². The maximum atomic E-state index is 11.2. The van der Waals surface area contributed by atoms with Gasteiger partial charge in [0.25, 0.3) is 10.1 Å². The van der Waals surface area contributed by atoms with Crippen molar-refractivity contribution in [2.45, 2.75) is 24.7 Å². The summed E-state index contributed by atoms with van der Waals surface area (Å²) in [6.45, 7) is 6.14. The highest BCUT2D eigenvalue weighted by Crippen LogP contribution is 2.22. The molecule has 3 rings (SSSR count). The van der Waals surface area contributed by atoms with Crippen molar-refractivity contribution >= 4 is 21.7 Å². The molecule has 0 aromatic heterocycles. The van der Waals surface area contributed by atoms with Crippen LogP contribution < -0.4 is 0 Å². The van der Waals surface area contributed by atoms with Crippen molar-refractivity contribution in [3.8, 4) is 11.1 Å². The summed E-state index contributed by atoms with van der Waals surface area (Å²) in [6.07, 6.45) is 9.54. The molecule has 2 aromatic carbocycles. The monoisotopic (exact) mass is 436 g/mol. The molecule has 0 spiro atoms. The Labute approximate surface area is 182 Å². The second-order valence-corrected chi connectivity index (χ2v) is 8.32. The molecule has 7 heteroatoms. The van der Waals surface area contributed by atoms with Crippen LogP contribution in [0.3, 0.4) is 0 Å². The smallest absolute Gasteiger partial charge is 0.294 e. The number of rotatable bonds is 8. The Morgan fingerprint density at radius 2 is 1.68 bits per heavy atom. The maximum absolute atomic E-state index is 11.2. The highest BCUT2D eigenvalue weighted by atomic mass is 32.2. The summed E-state index contributed by atoms with van der Waals surface area (Å²) >= 11 is 0. The van der Waals surface area contributed by atoms with E-state index in [0.29, 0.717) is 18.9 Å². The molecule has 0 unspecified atom stereocenters. The van der Waals surface area contributed by atoms with E-state index >= 15 is 0 Å². The van der Waals surface area contributed by atoms with Crippen molar-refractivity contribution in [3.05, 3.63) is 90.6 Å². The van der Waals surface area contributed by atoms with Gasteiger partial charge in [-0.3, -0.25) is 4.55 Å². The van der Waals surface area contributed by atoms with Crippen LogP contribution in [-0.4, -0.2) is 31.2 Å². The van der Waals surface area contributed by atoms with Crippen molar-refractivity contribution < 1.29 is 17.7 Å². The minimum Gasteiger partial charge on any atom is -0.470 e. The maximum Gasteiger partial charge on any atom is 0.294 e. The van der Waals surface area contributed by atoms with Gasteiger partial charge >= 0.3 is 0 Å². The number of ether oxygens (including phenoxy) is 1. The van der Waals surface area contributed by atoms with Crippen LogP contribution >= 0.6 is 0 Å². The molecule has 0 amide bonds. The summed E-state index contributed by atoms with van der Waals surface area (Å²) in [5.41, 5.74) is 4.58. The van der Waals surface area contributed by atoms with Gasteiger partial charge in [-0.25, -0.2) is 0 Å². The fourth-order valence-corrected chi connectivity index (χ4v) is 3.47. The molecule has 0 radical (unpaired) electrons. The molecule has 0 saturated carbocycles. The molecule has 0 bridgehead atoms. The van der Waals surface area contributed by atoms with Crippen molar-refractivity contribution in [2.75, 3.05) is 6.61 Å². The lowest BCUT2D eigenvalue weighted by Crippen LogP contribution is -2.18. The molecule has 31 heavy (non-hydrogen) atoms. The first-order valence-corrected chi connectivity index (χ1v) is 11.2. The summed E-state index contributed by atoms with van der Waals surface area (Å²) in [5, 5.41) is 8.48. The van der Waals surface area contributed by atoms with E-state index in [1.165, 1.54) is 17.7 Å². The van der Waals surface area contributed by atoms with Crippen molar-refractivity contribution in [1.82, 2.24) is 0 Å². The molecule has 1 N–H and O–H groups in total. The van der Waals surface area contributed by atoms with Gasteiger partial charge in [0.05, 0.1) is 10.6 Å². The Kier molecular flexibility index (Phi) is 7.33. The third kappa shape index (κ3) is 6.10. The van der Waals surface area contributed by atoms with Gasteiger partial charge in [-0.1, -0.05) is 48.6 Å². The van der Waals surface area contributed by atoms with Crippen LogP contribution in [0.4, 0.5) is 0 Å². The Morgan fingerprint density at radius 1 is 1.06 bits per heavy atom. The van der Waals surface area contributed by atoms with Gasteiger partial charge in [-0.05, 0) is 54.3 Å². The third-order valence-electron chi connectivity index (χ3n) is 4.71. The van der Waals surface area contributed by atoms with Gasteiger partial charge in [-0.2, -0.15) is 13.5 Å². The zero-order valence-electron chi connectivity index (χ0n) is 17.2. The largest absolute Gasteiger partial charge is 0.470 e. The quantitative estimate of drug-likeness (QED) is 0.350. The van der Waals surface area contributed by atoms with E-state index in [1.807, 2.05) is 43.3 Å². The van der Waals surface area contributed by atoms with E-state index in [1.54, 1.807) is 12.1 Å². The van der Waals surface area contributed by atoms with Crippen molar-refractivity contribution in [3.63, 3.8) is 0 Å². The van der Waals surface area contributed by atoms with Gasteiger partial charge in [0.1, 0.15) is 6.61 Å². The second-order valence-electron chi connectivity index (χ2n) is 6.90. The highest BCUT2D eigenvalue weighted by Gasteiger charge is 2.13. The molecule has 0 atom stereocenters. The molecule has 0 fully saturated rings. The van der Waals surface area contributed by atoms with Crippen LogP contribution in [0.25, 0.3) is 11.1 Å². The number of hydrogen-bond acceptors (Lipinski definition) is 5. The van der Waals surface area contributed by atoms with Gasteiger partial charge in [0.2, 0.25) is 5.90 Å². The van der Waals surface area contributed by atoms with Crippen LogP contribution in [0.2, 0.25) is 0 Å². The summed E-state index contributed by atoms with van der Waals surface area (Å²) in [5.74, 6) is 0.460. The van der Waals surface area contributed by atoms with Gasteiger partial charge in [-0.15, -0.1) is 11.7 Å². The average molecular weight is 437 g/mol. The zero-order chi connectivity index (χ0) is 22.3. The van der Waals surface area contributed by atoms with Crippen LogP contribution in [0.1, 0.15) is 25.3 Å². The lowest BCUT2D eigenvalue weighted by Gasteiger charge is -2.13. The van der Waals surface area contributed by atoms with E-state index in [-0.39, 0.29) is 4.90 Å². The highest BCUT2D eigenvalue weighted by molar-refractivity contribution is 7.85. The predicted molar refractivity (Wildman–Crippen MR) is 124 cm³/mol. The molecule has 0 saturated heterocycles. The topological polar surface area (TPSA) is 88.3 Å². The third-order valence-corrected chi connectivity index (χ3v) is 5.58. The van der Waals surface area contributed by atoms with Crippen LogP contribution in [0, 0.1) is 0 Å². The number of nitrogens with zero attached hydrogens (tertiary/aromatic N) is 2. The minimum atomic E-state index is -4.20. The number of allylic oxidation sites excluding steroid dienone is 5. The molecule has 0 aliphatic carbocycles. The normalized spacial score (nSPS) is 14.7. The fourth-order valence-electron chi connectivity index (χ4n) is 2.99. The SMILES string of the molecule is C=CCC(/C=C\CC1=NN=C(c2ccc(-c3ccc(S(=O)(=O)O)cc3)cc2)OC1)=C/C. The Balaban J connectivity index is 1.66. The van der Waals surface area contributed by atoms with Crippen LogP contribution in [0.15, 0.2) is 100 Å². The first-order chi connectivity index (χ1) is 14.9. The molecule has 1 aliphatic rings. The van der Waals surface area contributed by atoms with Crippen LogP contribution in [-0.2, 0) is 14.9 Å². The molecule has 2 aromatic rings. The first-order valence-electron chi connectivity index (χ1n) is 9.78. The molecular weight excluding hydrogens is 412 g/mol. The average Bonchev–Trinajstić information content (AvgIpc) is 2.78. The van der Waals surface area contributed by atoms with E-state index in [9.17, 15) is 8.42 Å². The number of benzene rings is 2. The van der Waals surface area contributed by atoms with Crippen molar-refractivity contribution in [1.29, 1.82) is 0 Å². The van der Waals surface area contributed by atoms with Gasteiger partial charge < -0.3 is 4.74 Å². The van der Waals surface area contributed by atoms with Gasteiger partial charge in [0, 0.05) is 12.0 Å². The summed E-state index contributed by atoms with van der Waals surface area (Å²) in [7, 11) is -4.20. The van der Waals surface area contributed by atoms with E-state index in [4.69, 9.17) is 9.29 Å². The van der Waals surface area contributed by atoms with Gasteiger partial charge in [0.15, 0.2) is 0 Å². The molecule has 1 heterocycles. The molecule has 160 valence electrons. The summed E-state index contributed by atoms with van der Waals surface area (Å²) < 4.78 is 37.2.